The molecule has 0 N–H and O–H groups in total. The van der Waals surface area contributed by atoms with Crippen molar-refractivity contribution in [1.82, 2.24) is 4.31 Å². The van der Waals surface area contributed by atoms with E-state index in [-0.39, 0.29) is 9.96 Å². The summed E-state index contributed by atoms with van der Waals surface area (Å²) in [6.45, 7) is 0. The minimum atomic E-state index is -3.55. The van der Waals surface area contributed by atoms with Crippen molar-refractivity contribution in [1.29, 1.82) is 0 Å². The predicted octanol–water partition coefficient (Wildman–Crippen LogP) is 2.96. The summed E-state index contributed by atoms with van der Waals surface area (Å²) < 4.78 is 31.2. The van der Waals surface area contributed by atoms with E-state index in [1.165, 1.54) is 21.2 Å². The lowest BCUT2D eigenvalue weighted by Crippen LogP contribution is -2.21. The Bertz CT molecular complexity index is 784. The van der Waals surface area contributed by atoms with E-state index in [1.807, 2.05) is 30.3 Å². The smallest absolute Gasteiger partial charge is 0.255 e. The Morgan fingerprint density at radius 2 is 1.91 bits per heavy atom. The third-order valence-electron chi connectivity index (χ3n) is 2.93. The molecule has 2 rings (SSSR count). The van der Waals surface area contributed by atoms with Gasteiger partial charge in [0, 0.05) is 19.5 Å². The predicted molar refractivity (Wildman–Crippen MR) is 94.1 cm³/mol. The lowest BCUT2D eigenvalue weighted by Gasteiger charge is -2.11. The van der Waals surface area contributed by atoms with Crippen LogP contribution in [-0.4, -0.2) is 39.4 Å². The molecule has 0 bridgehead atoms. The second-order valence-corrected chi connectivity index (χ2v) is 8.37. The number of sulfonamides is 1. The van der Waals surface area contributed by atoms with E-state index in [1.54, 1.807) is 5.38 Å². The van der Waals surface area contributed by atoms with Crippen molar-refractivity contribution in [2.45, 2.75) is 4.21 Å². The fourth-order valence-electron chi connectivity index (χ4n) is 1.73. The van der Waals surface area contributed by atoms with Crippen LogP contribution in [0.5, 0.6) is 5.75 Å². The van der Waals surface area contributed by atoms with E-state index in [2.05, 4.69) is 14.2 Å². The Labute approximate surface area is 136 Å². The van der Waals surface area contributed by atoms with E-state index in [9.17, 15) is 8.42 Å². The summed E-state index contributed by atoms with van der Waals surface area (Å²) in [6.07, 6.45) is 0. The van der Waals surface area contributed by atoms with Crippen LogP contribution in [0.3, 0.4) is 0 Å². The van der Waals surface area contributed by atoms with E-state index >= 15 is 0 Å². The van der Waals surface area contributed by atoms with Crippen LogP contribution in [0.15, 0.2) is 44.9 Å². The van der Waals surface area contributed by atoms with Gasteiger partial charge in [0.2, 0.25) is 0 Å². The summed E-state index contributed by atoms with van der Waals surface area (Å²) >= 11 is 1.10. The number of nitrogens with zero attached hydrogens (tertiary/aromatic N) is 2. The van der Waals surface area contributed by atoms with E-state index in [4.69, 9.17) is 4.74 Å². The van der Waals surface area contributed by atoms with Crippen LogP contribution in [0, 0.1) is 0 Å². The molecular weight excluding hydrogens is 339 g/mol. The summed E-state index contributed by atoms with van der Waals surface area (Å²) in [4.78, 5) is 4.48. The lowest BCUT2D eigenvalue weighted by atomic mass is 10.2. The lowest BCUT2D eigenvalue weighted by molar-refractivity contribution is 0.406. The molecule has 0 fully saturated rings. The number of rotatable bonds is 5. The van der Waals surface area contributed by atoms with E-state index < -0.39 is 10.0 Å². The Hall–Kier alpha value is -1.27. The number of hydrogen-bond donors (Lipinski definition) is 0. The third-order valence-corrected chi connectivity index (χ3v) is 6.66. The Kier molecular flexibility index (Phi) is 5.34. The Balaban J connectivity index is 2.49. The summed E-state index contributed by atoms with van der Waals surface area (Å²) in [6, 6.07) is 9.63. The summed E-state index contributed by atoms with van der Waals surface area (Å²) in [5.74, 6) is 0.273. The molecule has 0 amide bonds. The van der Waals surface area contributed by atoms with Crippen molar-refractivity contribution in [3.63, 3.8) is 0 Å². The van der Waals surface area contributed by atoms with Gasteiger partial charge in [-0.25, -0.2) is 17.7 Å². The van der Waals surface area contributed by atoms with Crippen LogP contribution < -0.4 is 4.74 Å². The first-order chi connectivity index (χ1) is 10.4. The standard InChI is InChI=1S/C14H17N2O3PS2/c1-16(2)22(17,18)14-12(19-3)11(9-21-14)15-13(20)10-7-5-4-6-8-10/h4-9H,20H2,1-3H3/b15-13-. The van der Waals surface area contributed by atoms with Gasteiger partial charge in [0.05, 0.1) is 12.6 Å². The van der Waals surface area contributed by atoms with Crippen LogP contribution in [0.4, 0.5) is 5.69 Å². The second-order valence-electron chi connectivity index (χ2n) is 4.59. The number of aliphatic imine (C=N–C) groups is 1. The minimum Gasteiger partial charge on any atom is -0.492 e. The number of ether oxygens (including phenoxy) is 1. The Morgan fingerprint density at radius 1 is 1.27 bits per heavy atom. The van der Waals surface area contributed by atoms with Crippen molar-refractivity contribution < 1.29 is 13.2 Å². The first-order valence-electron chi connectivity index (χ1n) is 6.35. The van der Waals surface area contributed by atoms with Crippen molar-refractivity contribution in [3.05, 3.63) is 41.3 Å². The van der Waals surface area contributed by atoms with E-state index in [0.29, 0.717) is 11.1 Å². The largest absolute Gasteiger partial charge is 0.492 e. The highest BCUT2D eigenvalue weighted by Crippen LogP contribution is 2.41. The van der Waals surface area contributed by atoms with Gasteiger partial charge in [-0.05, 0) is 5.56 Å². The van der Waals surface area contributed by atoms with Gasteiger partial charge in [0.25, 0.3) is 10.0 Å². The van der Waals surface area contributed by atoms with Gasteiger partial charge >= 0.3 is 0 Å². The molecule has 22 heavy (non-hydrogen) atoms. The molecule has 1 heterocycles. The van der Waals surface area contributed by atoms with Crippen molar-refractivity contribution >= 4 is 41.7 Å². The highest BCUT2D eigenvalue weighted by molar-refractivity contribution is 7.91. The van der Waals surface area contributed by atoms with Gasteiger partial charge in [-0.3, -0.25) is 0 Å². The molecule has 0 spiro atoms. The number of benzene rings is 1. The third kappa shape index (κ3) is 3.38. The minimum absolute atomic E-state index is 0.157. The monoisotopic (exact) mass is 356 g/mol. The number of hydrogen-bond acceptors (Lipinski definition) is 5. The molecule has 1 atom stereocenters. The SMILES string of the molecule is COc1c(/N=C(\P)c2ccccc2)csc1S(=O)(=O)N(C)C. The average Bonchev–Trinajstić information content (AvgIpc) is 2.91. The fraction of sp³-hybridized carbons (Fsp3) is 0.214. The molecule has 1 unspecified atom stereocenters. The fourth-order valence-corrected chi connectivity index (χ4v) is 4.57. The molecule has 8 heteroatoms. The van der Waals surface area contributed by atoms with Crippen molar-refractivity contribution in [3.8, 4) is 5.75 Å². The van der Waals surface area contributed by atoms with Gasteiger partial charge in [-0.15, -0.1) is 11.3 Å². The molecule has 0 saturated heterocycles. The zero-order valence-corrected chi connectivity index (χ0v) is 15.3. The summed E-state index contributed by atoms with van der Waals surface area (Å²) in [5.41, 5.74) is 2.16. The van der Waals surface area contributed by atoms with E-state index in [0.717, 1.165) is 21.2 Å². The molecule has 0 aliphatic heterocycles. The van der Waals surface area contributed by atoms with Gasteiger partial charge < -0.3 is 4.74 Å². The summed E-state index contributed by atoms with van der Waals surface area (Å²) in [5, 5.41) is 1.68. The van der Waals surface area contributed by atoms with Gasteiger partial charge in [-0.2, -0.15) is 0 Å². The Morgan fingerprint density at radius 3 is 2.45 bits per heavy atom. The summed E-state index contributed by atoms with van der Waals surface area (Å²) in [7, 11) is 3.44. The van der Waals surface area contributed by atoms with Gasteiger partial charge in [0.1, 0.15) is 5.69 Å². The molecule has 0 radical (unpaired) electrons. The maximum absolute atomic E-state index is 12.3. The highest BCUT2D eigenvalue weighted by atomic mass is 32.2. The maximum atomic E-state index is 12.3. The molecule has 1 aromatic heterocycles. The molecule has 0 saturated carbocycles. The maximum Gasteiger partial charge on any atom is 0.255 e. The van der Waals surface area contributed by atoms with Crippen LogP contribution >= 0.6 is 20.6 Å². The number of methoxy groups -OCH3 is 1. The molecule has 2 aromatic rings. The molecule has 0 aliphatic rings. The molecular formula is C14H17N2O3PS2. The second kappa shape index (κ2) is 6.87. The average molecular weight is 356 g/mol. The topological polar surface area (TPSA) is 59.0 Å². The van der Waals surface area contributed by atoms with Crippen LogP contribution in [-0.2, 0) is 10.0 Å². The van der Waals surface area contributed by atoms with Crippen LogP contribution in [0.25, 0.3) is 0 Å². The first-order valence-corrected chi connectivity index (χ1v) is 9.25. The van der Waals surface area contributed by atoms with Crippen LogP contribution in [0.2, 0.25) is 0 Å². The quantitative estimate of drug-likeness (QED) is 0.611. The van der Waals surface area contributed by atoms with Gasteiger partial charge in [0.15, 0.2) is 9.96 Å². The first kappa shape index (κ1) is 17.1. The number of thiophene rings is 1. The van der Waals surface area contributed by atoms with Crippen molar-refractivity contribution in [2.75, 3.05) is 21.2 Å². The van der Waals surface area contributed by atoms with Crippen LogP contribution in [0.1, 0.15) is 5.56 Å². The zero-order chi connectivity index (χ0) is 16.3. The normalized spacial score (nSPS) is 12.7. The highest BCUT2D eigenvalue weighted by Gasteiger charge is 2.26. The van der Waals surface area contributed by atoms with Gasteiger partial charge in [-0.1, -0.05) is 39.6 Å². The van der Waals surface area contributed by atoms with Crippen molar-refractivity contribution in [2.24, 2.45) is 4.99 Å². The molecule has 118 valence electrons. The molecule has 5 nitrogen and oxygen atoms in total. The zero-order valence-electron chi connectivity index (χ0n) is 12.5. The molecule has 0 aliphatic carbocycles. The molecule has 1 aromatic carbocycles.